The minimum absolute atomic E-state index is 0.0821. The monoisotopic (exact) mass is 371 g/mol. The molecule has 0 spiro atoms. The van der Waals surface area contributed by atoms with Gasteiger partial charge in [0.25, 0.3) is 0 Å². The minimum Gasteiger partial charge on any atom is -0.365 e. The van der Waals surface area contributed by atoms with Crippen molar-refractivity contribution in [2.75, 3.05) is 10.6 Å². The average molecular weight is 372 g/mol. The maximum absolute atomic E-state index is 4.75. The van der Waals surface area contributed by atoms with Gasteiger partial charge in [-0.3, -0.25) is 0 Å². The molecule has 1 saturated carbocycles. The third-order valence-electron chi connectivity index (χ3n) is 4.81. The van der Waals surface area contributed by atoms with Gasteiger partial charge in [-0.15, -0.1) is 0 Å². The summed E-state index contributed by atoms with van der Waals surface area (Å²) in [7, 11) is 0. The molecule has 4 rings (SSSR count). The van der Waals surface area contributed by atoms with Crippen molar-refractivity contribution >= 4 is 17.5 Å². The summed E-state index contributed by atoms with van der Waals surface area (Å²) in [6.45, 7) is 6.38. The van der Waals surface area contributed by atoms with Crippen LogP contribution in [-0.2, 0) is 0 Å². The van der Waals surface area contributed by atoms with E-state index in [9.17, 15) is 0 Å². The highest BCUT2D eigenvalue weighted by Gasteiger charge is 2.20. The Morgan fingerprint density at radius 3 is 2.14 bits per heavy atom. The maximum atomic E-state index is 4.75. The predicted molar refractivity (Wildman–Crippen MR) is 117 cm³/mol. The Morgan fingerprint density at radius 2 is 1.54 bits per heavy atom. The second-order valence-corrected chi connectivity index (χ2v) is 8.36. The van der Waals surface area contributed by atoms with Crippen LogP contribution in [0.3, 0.4) is 0 Å². The zero-order chi connectivity index (χ0) is 19.6. The summed E-state index contributed by atoms with van der Waals surface area (Å²) in [5.74, 6) is 2.97. The van der Waals surface area contributed by atoms with Crippen LogP contribution >= 0.6 is 0 Å². The molecule has 0 atom stereocenters. The van der Waals surface area contributed by atoms with Crippen molar-refractivity contribution in [3.05, 3.63) is 72.1 Å². The summed E-state index contributed by atoms with van der Waals surface area (Å²) in [5, 5.41) is 6.83. The molecule has 1 aromatic heterocycles. The molecule has 2 aromatic carbocycles. The van der Waals surface area contributed by atoms with Gasteiger partial charge in [0.05, 0.1) is 5.69 Å². The molecule has 0 amide bonds. The van der Waals surface area contributed by atoms with Crippen molar-refractivity contribution in [1.29, 1.82) is 0 Å². The zero-order valence-electron chi connectivity index (χ0n) is 16.8. The van der Waals surface area contributed by atoms with E-state index in [4.69, 9.17) is 4.98 Å². The first kappa shape index (κ1) is 18.5. The van der Waals surface area contributed by atoms with Crippen LogP contribution in [0.4, 0.5) is 17.5 Å². The van der Waals surface area contributed by atoms with Crippen LogP contribution in [-0.4, -0.2) is 15.5 Å². The highest BCUT2D eigenvalue weighted by atomic mass is 15.2. The molecule has 1 aliphatic rings. The molecular weight excluding hydrogens is 344 g/mol. The molecule has 3 aromatic rings. The molecule has 0 bridgehead atoms. The fraction of sp³-hybridized carbons (Fsp3) is 0.292. The second kappa shape index (κ2) is 7.63. The number of benzene rings is 2. The Bertz CT molecular complexity index is 923. The molecule has 143 valence electrons. The molecular formula is C24H27N4. The maximum Gasteiger partial charge on any atom is 0.229 e. The minimum atomic E-state index is -0.0821. The van der Waals surface area contributed by atoms with Crippen molar-refractivity contribution in [2.45, 2.75) is 45.6 Å². The van der Waals surface area contributed by atoms with E-state index in [2.05, 4.69) is 72.8 Å². The highest BCUT2D eigenvalue weighted by molar-refractivity contribution is 5.66. The Hall–Kier alpha value is -2.88. The Morgan fingerprint density at radius 1 is 0.821 bits per heavy atom. The van der Waals surface area contributed by atoms with Gasteiger partial charge in [-0.25, -0.2) is 4.98 Å². The number of hydrogen-bond acceptors (Lipinski definition) is 4. The van der Waals surface area contributed by atoms with E-state index in [-0.39, 0.29) is 5.54 Å². The molecule has 2 N–H and O–H groups in total. The second-order valence-electron chi connectivity index (χ2n) is 8.36. The van der Waals surface area contributed by atoms with Crippen molar-refractivity contribution < 1.29 is 0 Å². The van der Waals surface area contributed by atoms with Gasteiger partial charge in [0.1, 0.15) is 5.82 Å². The molecule has 0 saturated heterocycles. The van der Waals surface area contributed by atoms with Crippen LogP contribution in [0, 0.1) is 5.92 Å². The fourth-order valence-corrected chi connectivity index (χ4v) is 3.27. The third-order valence-corrected chi connectivity index (χ3v) is 4.81. The van der Waals surface area contributed by atoms with Crippen molar-refractivity contribution in [3.8, 4) is 11.3 Å². The van der Waals surface area contributed by atoms with E-state index in [0.717, 1.165) is 22.8 Å². The van der Waals surface area contributed by atoms with E-state index in [0.29, 0.717) is 5.95 Å². The lowest BCUT2D eigenvalue weighted by Crippen LogP contribution is -2.26. The lowest BCUT2D eigenvalue weighted by molar-refractivity contribution is 0.577. The number of aromatic nitrogens is 2. The van der Waals surface area contributed by atoms with Crippen molar-refractivity contribution in [1.82, 2.24) is 9.97 Å². The number of nitrogens with zero attached hydrogens (tertiary/aromatic N) is 2. The van der Waals surface area contributed by atoms with Crippen LogP contribution in [0.15, 0.2) is 60.7 Å². The Balaban J connectivity index is 1.62. The lowest BCUT2D eigenvalue weighted by atomic mass is 9.80. The highest BCUT2D eigenvalue weighted by Crippen LogP contribution is 2.35. The van der Waals surface area contributed by atoms with Gasteiger partial charge in [-0.1, -0.05) is 48.9 Å². The molecule has 28 heavy (non-hydrogen) atoms. The van der Waals surface area contributed by atoms with Crippen LogP contribution < -0.4 is 10.6 Å². The number of rotatable bonds is 5. The predicted octanol–water partition coefficient (Wildman–Crippen LogP) is 6.20. The van der Waals surface area contributed by atoms with Gasteiger partial charge in [0, 0.05) is 28.8 Å². The SMILES string of the molecule is CC(C)(C)Nc1cc(-c2ccccc2)nc(Nc2ccc([C]3CCC3)cc2)n1. The van der Waals surface area contributed by atoms with E-state index in [1.54, 1.807) is 5.92 Å². The first-order valence-electron chi connectivity index (χ1n) is 9.91. The van der Waals surface area contributed by atoms with E-state index in [1.807, 2.05) is 24.3 Å². The summed E-state index contributed by atoms with van der Waals surface area (Å²) in [6, 6.07) is 20.8. The number of hydrogen-bond donors (Lipinski definition) is 2. The zero-order valence-corrected chi connectivity index (χ0v) is 16.8. The average Bonchev–Trinajstić information content (AvgIpc) is 2.61. The number of anilines is 3. The van der Waals surface area contributed by atoms with E-state index in [1.165, 1.54) is 24.8 Å². The first-order chi connectivity index (χ1) is 13.5. The van der Waals surface area contributed by atoms with Gasteiger partial charge in [0.15, 0.2) is 0 Å². The standard InChI is InChI=1S/C24H27N4/c1-24(2,3)28-22-16-21(19-8-5-4-6-9-19)26-23(27-22)25-20-14-12-18(13-15-20)17-10-7-11-17/h4-6,8-9,12-16H,7,10-11H2,1-3H3,(H2,25,26,27,28). The van der Waals surface area contributed by atoms with Crippen LogP contribution in [0.2, 0.25) is 0 Å². The number of nitrogens with one attached hydrogen (secondary N) is 2. The van der Waals surface area contributed by atoms with Gasteiger partial charge >= 0.3 is 0 Å². The van der Waals surface area contributed by atoms with Crippen molar-refractivity contribution in [2.24, 2.45) is 0 Å². The van der Waals surface area contributed by atoms with E-state index < -0.39 is 0 Å². The summed E-state index contributed by atoms with van der Waals surface area (Å²) < 4.78 is 0. The fourth-order valence-electron chi connectivity index (χ4n) is 3.27. The Labute approximate surface area is 167 Å². The van der Waals surface area contributed by atoms with Crippen LogP contribution in [0.25, 0.3) is 11.3 Å². The molecule has 0 aliphatic heterocycles. The summed E-state index contributed by atoms with van der Waals surface area (Å²) >= 11 is 0. The third kappa shape index (κ3) is 4.50. The normalized spacial score (nSPS) is 14.4. The van der Waals surface area contributed by atoms with Gasteiger partial charge < -0.3 is 10.6 Å². The van der Waals surface area contributed by atoms with Crippen molar-refractivity contribution in [3.63, 3.8) is 0 Å². The lowest BCUT2D eigenvalue weighted by Gasteiger charge is -2.25. The molecule has 0 unspecified atom stereocenters. The largest absolute Gasteiger partial charge is 0.365 e. The summed E-state index contributed by atoms with van der Waals surface area (Å²) in [4.78, 5) is 9.43. The molecule has 1 heterocycles. The van der Waals surface area contributed by atoms with Crippen LogP contribution in [0.5, 0.6) is 0 Å². The van der Waals surface area contributed by atoms with Crippen LogP contribution in [0.1, 0.15) is 45.6 Å². The molecule has 1 fully saturated rings. The molecule has 4 heteroatoms. The summed E-state index contributed by atoms with van der Waals surface area (Å²) in [6.07, 6.45) is 3.78. The summed E-state index contributed by atoms with van der Waals surface area (Å²) in [5.41, 5.74) is 4.23. The smallest absolute Gasteiger partial charge is 0.229 e. The molecule has 1 radical (unpaired) electrons. The molecule has 4 nitrogen and oxygen atoms in total. The van der Waals surface area contributed by atoms with E-state index >= 15 is 0 Å². The Kier molecular flexibility index (Phi) is 5.03. The topological polar surface area (TPSA) is 49.8 Å². The van der Waals surface area contributed by atoms with Gasteiger partial charge in [0.2, 0.25) is 5.95 Å². The molecule has 1 aliphatic carbocycles. The quantitative estimate of drug-likeness (QED) is 0.560. The van der Waals surface area contributed by atoms with Gasteiger partial charge in [-0.2, -0.15) is 4.98 Å². The van der Waals surface area contributed by atoms with Gasteiger partial charge in [-0.05, 0) is 51.3 Å². The first-order valence-corrected chi connectivity index (χ1v) is 9.91.